The maximum Gasteiger partial charge on any atom is 0.258 e. The normalized spacial score (nSPS) is 14.1. The lowest BCUT2D eigenvalue weighted by molar-refractivity contribution is 0.102. The van der Waals surface area contributed by atoms with E-state index in [1.165, 1.54) is 18.2 Å². The van der Waals surface area contributed by atoms with Crippen LogP contribution < -0.4 is 10.2 Å². The Kier molecular flexibility index (Phi) is 4.61. The van der Waals surface area contributed by atoms with Crippen LogP contribution in [-0.4, -0.2) is 19.0 Å². The van der Waals surface area contributed by atoms with Crippen molar-refractivity contribution in [1.29, 1.82) is 0 Å². The molecule has 1 aliphatic heterocycles. The van der Waals surface area contributed by atoms with E-state index in [1.807, 2.05) is 4.90 Å². The van der Waals surface area contributed by atoms with Gasteiger partial charge in [0.15, 0.2) is 0 Å². The standard InChI is InChI=1S/C17H15BrF2N2O/c18-11-6-7-12(14(20)10-11)17(23)21-16-13(19)4-3-5-15(16)22-8-1-2-9-22/h3-7,10H,1-2,8-9H2,(H,21,23). The predicted octanol–water partition coefficient (Wildman–Crippen LogP) is 4.58. The molecule has 3 rings (SSSR count). The smallest absolute Gasteiger partial charge is 0.258 e. The van der Waals surface area contributed by atoms with Gasteiger partial charge in [0.2, 0.25) is 0 Å². The lowest BCUT2D eigenvalue weighted by Crippen LogP contribution is -2.22. The summed E-state index contributed by atoms with van der Waals surface area (Å²) in [6.07, 6.45) is 2.07. The number of carbonyl (C=O) groups excluding carboxylic acids is 1. The highest BCUT2D eigenvalue weighted by Crippen LogP contribution is 2.31. The molecule has 1 fully saturated rings. The van der Waals surface area contributed by atoms with E-state index in [2.05, 4.69) is 21.2 Å². The van der Waals surface area contributed by atoms with Gasteiger partial charge in [0.05, 0.1) is 11.3 Å². The molecule has 0 bridgehead atoms. The molecule has 0 radical (unpaired) electrons. The monoisotopic (exact) mass is 380 g/mol. The average molecular weight is 381 g/mol. The number of anilines is 2. The number of amides is 1. The zero-order valence-electron chi connectivity index (χ0n) is 12.3. The zero-order valence-corrected chi connectivity index (χ0v) is 13.9. The largest absolute Gasteiger partial charge is 0.370 e. The number of hydrogen-bond acceptors (Lipinski definition) is 2. The van der Waals surface area contributed by atoms with Crippen LogP contribution in [-0.2, 0) is 0 Å². The number of nitrogens with one attached hydrogen (secondary N) is 1. The number of hydrogen-bond donors (Lipinski definition) is 1. The van der Waals surface area contributed by atoms with Crippen LogP contribution in [0.25, 0.3) is 0 Å². The van der Waals surface area contributed by atoms with Crippen LogP contribution in [0.5, 0.6) is 0 Å². The van der Waals surface area contributed by atoms with Gasteiger partial charge in [-0.25, -0.2) is 8.78 Å². The minimum atomic E-state index is -0.666. The van der Waals surface area contributed by atoms with E-state index in [0.29, 0.717) is 10.2 Å². The molecule has 0 aliphatic carbocycles. The van der Waals surface area contributed by atoms with Gasteiger partial charge in [-0.1, -0.05) is 22.0 Å². The molecule has 1 saturated heterocycles. The van der Waals surface area contributed by atoms with Crippen molar-refractivity contribution in [3.05, 3.63) is 58.1 Å². The second-order valence-electron chi connectivity index (χ2n) is 5.41. The fourth-order valence-electron chi connectivity index (χ4n) is 2.71. The topological polar surface area (TPSA) is 32.3 Å². The van der Waals surface area contributed by atoms with Crippen LogP contribution in [0.1, 0.15) is 23.2 Å². The molecular weight excluding hydrogens is 366 g/mol. The van der Waals surface area contributed by atoms with Crippen molar-refractivity contribution in [2.75, 3.05) is 23.3 Å². The highest BCUT2D eigenvalue weighted by Gasteiger charge is 2.21. The molecule has 0 spiro atoms. The maximum atomic E-state index is 14.2. The number of halogens is 3. The summed E-state index contributed by atoms with van der Waals surface area (Å²) in [5, 5.41) is 2.52. The fourth-order valence-corrected chi connectivity index (χ4v) is 3.05. The third kappa shape index (κ3) is 3.37. The van der Waals surface area contributed by atoms with Crippen LogP contribution in [0.15, 0.2) is 40.9 Å². The van der Waals surface area contributed by atoms with Crippen molar-refractivity contribution in [1.82, 2.24) is 0 Å². The first-order valence-electron chi connectivity index (χ1n) is 7.36. The number of benzene rings is 2. The van der Waals surface area contributed by atoms with E-state index in [1.54, 1.807) is 18.2 Å². The summed E-state index contributed by atoms with van der Waals surface area (Å²) in [5.41, 5.74) is 0.610. The van der Waals surface area contributed by atoms with Gasteiger partial charge in [0.25, 0.3) is 5.91 Å². The summed E-state index contributed by atoms with van der Waals surface area (Å²) >= 11 is 3.14. The summed E-state index contributed by atoms with van der Waals surface area (Å²) in [6.45, 7) is 1.64. The minimum absolute atomic E-state index is 0.0988. The Bertz CT molecular complexity index is 745. The first kappa shape index (κ1) is 15.9. The molecule has 23 heavy (non-hydrogen) atoms. The third-order valence-electron chi connectivity index (χ3n) is 3.85. The number of nitrogens with zero attached hydrogens (tertiary/aromatic N) is 1. The quantitative estimate of drug-likeness (QED) is 0.844. The highest BCUT2D eigenvalue weighted by molar-refractivity contribution is 9.10. The minimum Gasteiger partial charge on any atom is -0.370 e. The Morgan fingerprint density at radius 1 is 1.09 bits per heavy atom. The predicted molar refractivity (Wildman–Crippen MR) is 89.9 cm³/mol. The van der Waals surface area contributed by atoms with E-state index < -0.39 is 17.5 Å². The Balaban J connectivity index is 1.91. The first-order chi connectivity index (χ1) is 11.1. The SMILES string of the molecule is O=C(Nc1c(F)cccc1N1CCCC1)c1ccc(Br)cc1F. The maximum absolute atomic E-state index is 14.2. The van der Waals surface area contributed by atoms with Crippen LogP contribution in [0, 0.1) is 11.6 Å². The molecule has 0 unspecified atom stereocenters. The molecule has 3 nitrogen and oxygen atoms in total. The molecule has 0 saturated carbocycles. The third-order valence-corrected chi connectivity index (χ3v) is 4.35. The van der Waals surface area contributed by atoms with Crippen molar-refractivity contribution >= 4 is 33.2 Å². The van der Waals surface area contributed by atoms with E-state index in [4.69, 9.17) is 0 Å². The van der Waals surface area contributed by atoms with Gasteiger partial charge in [0.1, 0.15) is 17.3 Å². The molecule has 1 amide bonds. The lowest BCUT2D eigenvalue weighted by Gasteiger charge is -2.22. The van der Waals surface area contributed by atoms with Crippen LogP contribution in [0.2, 0.25) is 0 Å². The molecule has 2 aromatic rings. The van der Waals surface area contributed by atoms with E-state index >= 15 is 0 Å². The molecule has 2 aromatic carbocycles. The molecule has 1 N–H and O–H groups in total. The molecule has 0 atom stereocenters. The molecule has 6 heteroatoms. The van der Waals surface area contributed by atoms with E-state index in [-0.39, 0.29) is 11.3 Å². The Morgan fingerprint density at radius 2 is 1.83 bits per heavy atom. The Morgan fingerprint density at radius 3 is 2.52 bits per heavy atom. The second-order valence-corrected chi connectivity index (χ2v) is 6.32. The van der Waals surface area contributed by atoms with Gasteiger partial charge in [0, 0.05) is 17.6 Å². The highest BCUT2D eigenvalue weighted by atomic mass is 79.9. The molecule has 1 heterocycles. The van der Waals surface area contributed by atoms with Crippen molar-refractivity contribution in [3.63, 3.8) is 0 Å². The van der Waals surface area contributed by atoms with Gasteiger partial charge in [-0.3, -0.25) is 4.79 Å². The van der Waals surface area contributed by atoms with Gasteiger partial charge < -0.3 is 10.2 Å². The van der Waals surface area contributed by atoms with Crippen molar-refractivity contribution in [2.45, 2.75) is 12.8 Å². The number of rotatable bonds is 3. The fraction of sp³-hybridized carbons (Fsp3) is 0.235. The molecule has 1 aliphatic rings. The summed E-state index contributed by atoms with van der Waals surface area (Å²) < 4.78 is 28.6. The summed E-state index contributed by atoms with van der Waals surface area (Å²) in [6, 6.07) is 8.80. The number of carbonyl (C=O) groups is 1. The van der Waals surface area contributed by atoms with E-state index in [0.717, 1.165) is 25.9 Å². The van der Waals surface area contributed by atoms with Crippen molar-refractivity contribution in [2.24, 2.45) is 0 Å². The van der Waals surface area contributed by atoms with Crippen LogP contribution in [0.3, 0.4) is 0 Å². The van der Waals surface area contributed by atoms with Gasteiger partial charge in [-0.05, 0) is 43.2 Å². The van der Waals surface area contributed by atoms with Crippen LogP contribution in [0.4, 0.5) is 20.2 Å². The van der Waals surface area contributed by atoms with Crippen molar-refractivity contribution in [3.8, 4) is 0 Å². The second kappa shape index (κ2) is 6.66. The van der Waals surface area contributed by atoms with Gasteiger partial charge in [-0.15, -0.1) is 0 Å². The number of para-hydroxylation sites is 1. The van der Waals surface area contributed by atoms with E-state index in [9.17, 15) is 13.6 Å². The Hall–Kier alpha value is -1.95. The molecule has 0 aromatic heterocycles. The summed E-state index contributed by atoms with van der Waals surface area (Å²) in [4.78, 5) is 14.3. The zero-order chi connectivity index (χ0) is 16.4. The van der Waals surface area contributed by atoms with Crippen molar-refractivity contribution < 1.29 is 13.6 Å². The molecule has 120 valence electrons. The average Bonchev–Trinajstić information content (AvgIpc) is 3.03. The first-order valence-corrected chi connectivity index (χ1v) is 8.15. The van der Waals surface area contributed by atoms with Crippen LogP contribution >= 0.6 is 15.9 Å². The summed E-state index contributed by atoms with van der Waals surface area (Å²) in [5.74, 6) is -1.85. The molecular formula is C17H15BrF2N2O. The van der Waals surface area contributed by atoms with Gasteiger partial charge >= 0.3 is 0 Å². The van der Waals surface area contributed by atoms with Gasteiger partial charge in [-0.2, -0.15) is 0 Å². The lowest BCUT2D eigenvalue weighted by atomic mass is 10.1. The Labute approximate surface area is 141 Å². The summed E-state index contributed by atoms with van der Waals surface area (Å²) in [7, 11) is 0.